The Morgan fingerprint density at radius 1 is 0.920 bits per heavy atom. The molecule has 0 aromatic heterocycles. The summed E-state index contributed by atoms with van der Waals surface area (Å²) in [6.07, 6.45) is 5.97. The van der Waals surface area contributed by atoms with Crippen molar-refractivity contribution in [2.45, 2.75) is 37.5 Å². The number of halogens is 1. The van der Waals surface area contributed by atoms with Crippen molar-refractivity contribution in [3.05, 3.63) is 70.7 Å². The summed E-state index contributed by atoms with van der Waals surface area (Å²) < 4.78 is 0. The summed E-state index contributed by atoms with van der Waals surface area (Å²) in [6.45, 7) is 4.27. The van der Waals surface area contributed by atoms with Gasteiger partial charge >= 0.3 is 0 Å². The van der Waals surface area contributed by atoms with Gasteiger partial charge in [-0.2, -0.15) is 0 Å². The van der Waals surface area contributed by atoms with E-state index in [1.807, 2.05) is 12.1 Å². The zero-order chi connectivity index (χ0) is 17.5. The monoisotopic (exact) mass is 356 g/mol. The number of hydrogen-bond donors (Lipinski definition) is 1. The van der Waals surface area contributed by atoms with Gasteiger partial charge in [0.05, 0.1) is 0 Å². The van der Waals surface area contributed by atoms with Crippen molar-refractivity contribution in [2.24, 2.45) is 5.73 Å². The van der Waals surface area contributed by atoms with Crippen molar-refractivity contribution in [3.63, 3.8) is 0 Å². The molecule has 2 aromatic rings. The van der Waals surface area contributed by atoms with Crippen LogP contribution in [0.2, 0.25) is 5.02 Å². The quantitative estimate of drug-likeness (QED) is 0.731. The minimum atomic E-state index is 0.182. The second kappa shape index (κ2) is 8.84. The van der Waals surface area contributed by atoms with E-state index in [9.17, 15) is 0 Å². The zero-order valence-corrected chi connectivity index (χ0v) is 15.7. The van der Waals surface area contributed by atoms with Gasteiger partial charge < -0.3 is 10.6 Å². The van der Waals surface area contributed by atoms with Crippen molar-refractivity contribution >= 4 is 11.6 Å². The predicted molar refractivity (Wildman–Crippen MR) is 107 cm³/mol. The van der Waals surface area contributed by atoms with Crippen LogP contribution in [0.1, 0.15) is 36.8 Å². The molecule has 25 heavy (non-hydrogen) atoms. The van der Waals surface area contributed by atoms with Crippen LogP contribution in [0.25, 0.3) is 0 Å². The molecule has 1 saturated heterocycles. The molecule has 0 unspecified atom stereocenters. The average molecular weight is 357 g/mol. The largest absolute Gasteiger partial charge is 0.330 e. The van der Waals surface area contributed by atoms with Crippen LogP contribution in [-0.2, 0) is 11.8 Å². The van der Waals surface area contributed by atoms with Crippen molar-refractivity contribution in [2.75, 3.05) is 26.2 Å². The smallest absolute Gasteiger partial charge is 0.0406 e. The van der Waals surface area contributed by atoms with Crippen LogP contribution in [-0.4, -0.2) is 31.1 Å². The Kier molecular flexibility index (Phi) is 6.52. The number of hydrogen-bond acceptors (Lipinski definition) is 2. The van der Waals surface area contributed by atoms with E-state index in [0.717, 1.165) is 31.1 Å². The van der Waals surface area contributed by atoms with Crippen LogP contribution >= 0.6 is 11.6 Å². The van der Waals surface area contributed by atoms with E-state index < -0.39 is 0 Å². The molecule has 1 heterocycles. The van der Waals surface area contributed by atoms with Crippen molar-refractivity contribution < 1.29 is 0 Å². The minimum absolute atomic E-state index is 0.182. The standard InChI is InChI=1S/C22H29ClN2/c23-21-11-9-19(10-12-21)6-4-5-15-25-16-13-22(18-24,14-17-25)20-7-2-1-3-8-20/h1-3,7-12H,4-6,13-18,24H2. The molecule has 0 radical (unpaired) electrons. The van der Waals surface area contributed by atoms with E-state index in [1.54, 1.807) is 0 Å². The molecule has 0 spiro atoms. The second-order valence-corrected chi connectivity index (χ2v) is 7.71. The molecular weight excluding hydrogens is 328 g/mol. The van der Waals surface area contributed by atoms with Crippen molar-refractivity contribution in [1.29, 1.82) is 0 Å². The Bertz CT molecular complexity index is 631. The molecule has 1 aliphatic rings. The third-order valence-electron chi connectivity index (χ3n) is 5.69. The van der Waals surface area contributed by atoms with Gasteiger partial charge in [0.15, 0.2) is 0 Å². The van der Waals surface area contributed by atoms with E-state index in [2.05, 4.69) is 47.4 Å². The number of benzene rings is 2. The number of nitrogens with two attached hydrogens (primary N) is 1. The highest BCUT2D eigenvalue weighted by Crippen LogP contribution is 2.34. The number of likely N-dealkylation sites (tertiary alicyclic amines) is 1. The van der Waals surface area contributed by atoms with Crippen LogP contribution in [0.4, 0.5) is 0 Å². The summed E-state index contributed by atoms with van der Waals surface area (Å²) >= 11 is 5.94. The third kappa shape index (κ3) is 4.84. The summed E-state index contributed by atoms with van der Waals surface area (Å²) in [5, 5.41) is 0.818. The van der Waals surface area contributed by atoms with Crippen LogP contribution in [0, 0.1) is 0 Å². The fourth-order valence-electron chi connectivity index (χ4n) is 3.92. The zero-order valence-electron chi connectivity index (χ0n) is 15.0. The number of aryl methyl sites for hydroxylation is 1. The molecule has 3 heteroatoms. The summed E-state index contributed by atoms with van der Waals surface area (Å²) in [6, 6.07) is 19.1. The van der Waals surface area contributed by atoms with Crippen molar-refractivity contribution in [3.8, 4) is 0 Å². The maximum atomic E-state index is 6.18. The molecule has 2 aromatic carbocycles. The van der Waals surface area contributed by atoms with E-state index in [0.29, 0.717) is 0 Å². The van der Waals surface area contributed by atoms with Crippen molar-refractivity contribution in [1.82, 2.24) is 4.90 Å². The molecule has 0 aliphatic carbocycles. The highest BCUT2D eigenvalue weighted by atomic mass is 35.5. The second-order valence-electron chi connectivity index (χ2n) is 7.28. The first-order valence-electron chi connectivity index (χ1n) is 9.44. The summed E-state index contributed by atoms with van der Waals surface area (Å²) in [4.78, 5) is 2.61. The Labute approximate surface area is 157 Å². The highest BCUT2D eigenvalue weighted by molar-refractivity contribution is 6.30. The first kappa shape index (κ1) is 18.4. The molecule has 1 fully saturated rings. The van der Waals surface area contributed by atoms with Gasteiger partial charge in [0.25, 0.3) is 0 Å². The van der Waals surface area contributed by atoms with Gasteiger partial charge in [0.2, 0.25) is 0 Å². The Hall–Kier alpha value is -1.35. The summed E-state index contributed by atoms with van der Waals surface area (Å²) in [5.74, 6) is 0. The lowest BCUT2D eigenvalue weighted by molar-refractivity contribution is 0.160. The number of piperidine rings is 1. The van der Waals surface area contributed by atoms with Gasteiger partial charge in [-0.15, -0.1) is 0 Å². The van der Waals surface area contributed by atoms with Crippen LogP contribution < -0.4 is 5.73 Å². The first-order chi connectivity index (χ1) is 12.2. The molecule has 3 rings (SSSR count). The van der Waals surface area contributed by atoms with E-state index in [-0.39, 0.29) is 5.41 Å². The van der Waals surface area contributed by atoms with E-state index >= 15 is 0 Å². The van der Waals surface area contributed by atoms with Crippen LogP contribution in [0.5, 0.6) is 0 Å². The lowest BCUT2D eigenvalue weighted by atomic mass is 9.73. The van der Waals surface area contributed by atoms with Gasteiger partial charge in [-0.3, -0.25) is 0 Å². The molecule has 0 saturated carbocycles. The van der Waals surface area contributed by atoms with Gasteiger partial charge in [-0.05, 0) is 75.0 Å². The maximum Gasteiger partial charge on any atom is 0.0406 e. The molecule has 0 atom stereocenters. The SMILES string of the molecule is NCC1(c2ccccc2)CCN(CCCCc2ccc(Cl)cc2)CC1. The molecule has 2 nitrogen and oxygen atoms in total. The van der Waals surface area contributed by atoms with Gasteiger partial charge in [0, 0.05) is 17.0 Å². The first-order valence-corrected chi connectivity index (χ1v) is 9.82. The number of rotatable bonds is 7. The third-order valence-corrected chi connectivity index (χ3v) is 5.95. The number of unbranched alkanes of at least 4 members (excludes halogenated alkanes) is 1. The maximum absolute atomic E-state index is 6.18. The normalized spacial score (nSPS) is 17.5. The minimum Gasteiger partial charge on any atom is -0.330 e. The summed E-state index contributed by atoms with van der Waals surface area (Å²) in [7, 11) is 0. The Morgan fingerprint density at radius 3 is 2.24 bits per heavy atom. The Balaban J connectivity index is 1.42. The van der Waals surface area contributed by atoms with Gasteiger partial charge in [-0.1, -0.05) is 54.1 Å². The van der Waals surface area contributed by atoms with Gasteiger partial charge in [-0.25, -0.2) is 0 Å². The molecule has 2 N–H and O–H groups in total. The summed E-state index contributed by atoms with van der Waals surface area (Å²) in [5.41, 5.74) is 9.17. The highest BCUT2D eigenvalue weighted by Gasteiger charge is 2.34. The van der Waals surface area contributed by atoms with Gasteiger partial charge in [0.1, 0.15) is 0 Å². The lowest BCUT2D eigenvalue weighted by Gasteiger charge is -2.41. The fraction of sp³-hybridized carbons (Fsp3) is 0.455. The number of nitrogens with zero attached hydrogens (tertiary/aromatic N) is 1. The fourth-order valence-corrected chi connectivity index (χ4v) is 4.05. The molecule has 0 bridgehead atoms. The van der Waals surface area contributed by atoms with E-state index in [4.69, 9.17) is 17.3 Å². The molecule has 0 amide bonds. The molecule has 134 valence electrons. The predicted octanol–water partition coefficient (Wildman–Crippen LogP) is 4.66. The molecule has 1 aliphatic heterocycles. The average Bonchev–Trinajstić information content (AvgIpc) is 2.68. The van der Waals surface area contributed by atoms with Crippen LogP contribution in [0.15, 0.2) is 54.6 Å². The molecular formula is C22H29ClN2. The van der Waals surface area contributed by atoms with E-state index in [1.165, 1.54) is 43.4 Å². The van der Waals surface area contributed by atoms with Crippen LogP contribution in [0.3, 0.4) is 0 Å². The lowest BCUT2D eigenvalue weighted by Crippen LogP contribution is -2.46. The Morgan fingerprint density at radius 2 is 1.60 bits per heavy atom. The topological polar surface area (TPSA) is 29.3 Å².